The molecule has 2 aromatic rings. The Balaban J connectivity index is 2.45. The maximum atomic E-state index is 5.80. The van der Waals surface area contributed by atoms with Gasteiger partial charge >= 0.3 is 0 Å². The van der Waals surface area contributed by atoms with E-state index in [1.807, 2.05) is 31.2 Å². The van der Waals surface area contributed by atoms with E-state index in [2.05, 4.69) is 18.8 Å². The van der Waals surface area contributed by atoms with Crippen molar-refractivity contribution in [3.05, 3.63) is 35.8 Å². The summed E-state index contributed by atoms with van der Waals surface area (Å²) in [6.45, 7) is 6.75. The molecule has 1 aromatic carbocycles. The van der Waals surface area contributed by atoms with E-state index in [1.165, 1.54) is 0 Å². The summed E-state index contributed by atoms with van der Waals surface area (Å²) in [6, 6.07) is 7.92. The number of aromatic nitrogens is 2. The molecule has 1 heterocycles. The normalized spacial score (nSPS) is 11.6. The predicted octanol–water partition coefficient (Wildman–Crippen LogP) is 2.63. The quantitative estimate of drug-likeness (QED) is 0.887. The summed E-state index contributed by atoms with van der Waals surface area (Å²) >= 11 is 0. The number of hydrogen-bond donors (Lipinski definition) is 2. The Bertz CT molecular complexity index is 573. The molecular weight excluding hydrogens is 238 g/mol. The SMILES string of the molecule is COc1cccc(-c2nc(C(C)(C)CN)[nH]c2C)c1. The molecule has 4 nitrogen and oxygen atoms in total. The van der Waals surface area contributed by atoms with Gasteiger partial charge in [0.1, 0.15) is 11.6 Å². The topological polar surface area (TPSA) is 63.9 Å². The standard InChI is InChI=1S/C15H21N3O/c1-10-13(11-6-5-7-12(8-11)19-4)18-14(17-10)15(2,3)9-16/h5-8H,9,16H2,1-4H3,(H,17,18). The fourth-order valence-corrected chi connectivity index (χ4v) is 1.93. The Morgan fingerprint density at radius 3 is 2.74 bits per heavy atom. The second kappa shape index (κ2) is 5.05. The van der Waals surface area contributed by atoms with E-state index in [9.17, 15) is 0 Å². The van der Waals surface area contributed by atoms with Crippen LogP contribution in [-0.2, 0) is 5.41 Å². The molecule has 0 aliphatic carbocycles. The number of hydrogen-bond acceptors (Lipinski definition) is 3. The summed E-state index contributed by atoms with van der Waals surface area (Å²) < 4.78 is 5.25. The van der Waals surface area contributed by atoms with Gasteiger partial charge in [-0.15, -0.1) is 0 Å². The summed E-state index contributed by atoms with van der Waals surface area (Å²) in [5.41, 5.74) is 8.70. The van der Waals surface area contributed by atoms with Crippen LogP contribution in [0.1, 0.15) is 25.4 Å². The van der Waals surface area contributed by atoms with Crippen molar-refractivity contribution < 1.29 is 4.74 Å². The van der Waals surface area contributed by atoms with Gasteiger partial charge in [0, 0.05) is 23.2 Å². The molecule has 0 unspecified atom stereocenters. The zero-order valence-corrected chi connectivity index (χ0v) is 11.9. The van der Waals surface area contributed by atoms with Crippen molar-refractivity contribution in [1.29, 1.82) is 0 Å². The van der Waals surface area contributed by atoms with Crippen molar-refractivity contribution in [2.75, 3.05) is 13.7 Å². The summed E-state index contributed by atoms with van der Waals surface area (Å²) in [4.78, 5) is 8.05. The molecule has 0 saturated heterocycles. The molecule has 0 atom stereocenters. The highest BCUT2D eigenvalue weighted by Gasteiger charge is 2.24. The summed E-state index contributed by atoms with van der Waals surface area (Å²) in [7, 11) is 1.67. The van der Waals surface area contributed by atoms with Crippen molar-refractivity contribution in [2.45, 2.75) is 26.2 Å². The Kier molecular flexibility index (Phi) is 3.62. The van der Waals surface area contributed by atoms with Crippen LogP contribution in [0.5, 0.6) is 5.75 Å². The third-order valence-electron chi connectivity index (χ3n) is 3.38. The molecule has 0 radical (unpaired) electrons. The van der Waals surface area contributed by atoms with E-state index in [1.54, 1.807) is 7.11 Å². The first-order valence-electron chi connectivity index (χ1n) is 6.39. The van der Waals surface area contributed by atoms with Crippen molar-refractivity contribution in [1.82, 2.24) is 9.97 Å². The number of aromatic amines is 1. The van der Waals surface area contributed by atoms with Gasteiger partial charge in [-0.1, -0.05) is 26.0 Å². The van der Waals surface area contributed by atoms with Crippen LogP contribution in [0.4, 0.5) is 0 Å². The lowest BCUT2D eigenvalue weighted by molar-refractivity contribution is 0.415. The monoisotopic (exact) mass is 259 g/mol. The van der Waals surface area contributed by atoms with Gasteiger partial charge < -0.3 is 15.5 Å². The van der Waals surface area contributed by atoms with Gasteiger partial charge in [0.05, 0.1) is 12.8 Å². The van der Waals surface area contributed by atoms with Crippen molar-refractivity contribution in [3.8, 4) is 17.0 Å². The lowest BCUT2D eigenvalue weighted by Gasteiger charge is -2.18. The highest BCUT2D eigenvalue weighted by molar-refractivity contribution is 5.64. The molecule has 1 aromatic heterocycles. The van der Waals surface area contributed by atoms with E-state index < -0.39 is 0 Å². The number of aryl methyl sites for hydroxylation is 1. The minimum absolute atomic E-state index is 0.151. The van der Waals surface area contributed by atoms with Crippen molar-refractivity contribution in [2.24, 2.45) is 5.73 Å². The van der Waals surface area contributed by atoms with E-state index in [0.717, 1.165) is 28.5 Å². The minimum atomic E-state index is -0.151. The van der Waals surface area contributed by atoms with Gasteiger partial charge in [0.25, 0.3) is 0 Å². The Hall–Kier alpha value is -1.81. The zero-order valence-electron chi connectivity index (χ0n) is 11.9. The first-order valence-corrected chi connectivity index (χ1v) is 6.39. The smallest absolute Gasteiger partial charge is 0.119 e. The van der Waals surface area contributed by atoms with Gasteiger partial charge in [-0.2, -0.15) is 0 Å². The molecule has 0 aliphatic heterocycles. The number of benzene rings is 1. The molecule has 0 amide bonds. The largest absolute Gasteiger partial charge is 0.497 e. The molecule has 102 valence electrons. The van der Waals surface area contributed by atoms with Crippen molar-refractivity contribution in [3.63, 3.8) is 0 Å². The minimum Gasteiger partial charge on any atom is -0.497 e. The molecule has 0 bridgehead atoms. The van der Waals surface area contributed by atoms with E-state index >= 15 is 0 Å². The van der Waals surface area contributed by atoms with Crippen molar-refractivity contribution >= 4 is 0 Å². The van der Waals surface area contributed by atoms with E-state index in [4.69, 9.17) is 15.5 Å². The third kappa shape index (κ3) is 2.63. The third-order valence-corrected chi connectivity index (χ3v) is 3.38. The van der Waals surface area contributed by atoms with Gasteiger partial charge in [-0.25, -0.2) is 4.98 Å². The number of imidazole rings is 1. The highest BCUT2D eigenvalue weighted by Crippen LogP contribution is 2.28. The maximum Gasteiger partial charge on any atom is 0.119 e. The van der Waals surface area contributed by atoms with E-state index in [-0.39, 0.29) is 5.41 Å². The average molecular weight is 259 g/mol. The molecule has 4 heteroatoms. The van der Waals surface area contributed by atoms with Gasteiger partial charge in [-0.05, 0) is 19.1 Å². The van der Waals surface area contributed by atoms with Crippen LogP contribution < -0.4 is 10.5 Å². The Labute approximate surface area is 114 Å². The summed E-state index contributed by atoms with van der Waals surface area (Å²) in [5.74, 6) is 1.75. The van der Waals surface area contributed by atoms with Crippen LogP contribution in [0.3, 0.4) is 0 Å². The lowest BCUT2D eigenvalue weighted by atomic mass is 9.93. The number of nitrogens with two attached hydrogens (primary N) is 1. The highest BCUT2D eigenvalue weighted by atomic mass is 16.5. The Morgan fingerprint density at radius 2 is 2.11 bits per heavy atom. The fourth-order valence-electron chi connectivity index (χ4n) is 1.93. The van der Waals surface area contributed by atoms with Gasteiger partial charge in [0.2, 0.25) is 0 Å². The first kappa shape index (κ1) is 13.6. The zero-order chi connectivity index (χ0) is 14.0. The lowest BCUT2D eigenvalue weighted by Crippen LogP contribution is -2.29. The van der Waals surface area contributed by atoms with Crippen LogP contribution in [0, 0.1) is 6.92 Å². The number of ether oxygens (including phenoxy) is 1. The summed E-state index contributed by atoms with van der Waals surface area (Å²) in [5, 5.41) is 0. The number of nitrogens with one attached hydrogen (secondary N) is 1. The number of nitrogens with zero attached hydrogens (tertiary/aromatic N) is 1. The predicted molar refractivity (Wildman–Crippen MR) is 77.4 cm³/mol. The molecule has 0 spiro atoms. The van der Waals surface area contributed by atoms with Crippen LogP contribution >= 0.6 is 0 Å². The number of methoxy groups -OCH3 is 1. The Morgan fingerprint density at radius 1 is 1.37 bits per heavy atom. The van der Waals surface area contributed by atoms with E-state index in [0.29, 0.717) is 6.54 Å². The first-order chi connectivity index (χ1) is 8.97. The van der Waals surface area contributed by atoms with Crippen LogP contribution in [0.15, 0.2) is 24.3 Å². The average Bonchev–Trinajstić information content (AvgIpc) is 2.81. The second-order valence-electron chi connectivity index (χ2n) is 5.38. The molecule has 19 heavy (non-hydrogen) atoms. The second-order valence-corrected chi connectivity index (χ2v) is 5.38. The molecule has 0 fully saturated rings. The van der Waals surface area contributed by atoms with Gasteiger partial charge in [-0.3, -0.25) is 0 Å². The fraction of sp³-hybridized carbons (Fsp3) is 0.400. The van der Waals surface area contributed by atoms with Crippen LogP contribution in [0.2, 0.25) is 0 Å². The number of rotatable bonds is 4. The summed E-state index contributed by atoms with van der Waals surface area (Å²) in [6.07, 6.45) is 0. The maximum absolute atomic E-state index is 5.80. The van der Waals surface area contributed by atoms with Gasteiger partial charge in [0.15, 0.2) is 0 Å². The van der Waals surface area contributed by atoms with Crippen LogP contribution in [-0.4, -0.2) is 23.6 Å². The number of H-pyrrole nitrogens is 1. The molecular formula is C15H21N3O. The molecule has 0 saturated carbocycles. The van der Waals surface area contributed by atoms with Crippen LogP contribution in [0.25, 0.3) is 11.3 Å². The molecule has 3 N–H and O–H groups in total. The molecule has 2 rings (SSSR count). The molecule has 0 aliphatic rings.